The molecule has 0 aliphatic carbocycles. The quantitative estimate of drug-likeness (QED) is 0.544. The summed E-state index contributed by atoms with van der Waals surface area (Å²) in [5.41, 5.74) is 0.244. The lowest BCUT2D eigenvalue weighted by molar-refractivity contribution is -0.383. The fourth-order valence-electron chi connectivity index (χ4n) is 2.29. The third-order valence-electron chi connectivity index (χ3n) is 3.45. The molecule has 0 fully saturated rings. The number of anilines is 1. The first kappa shape index (κ1) is 16.2. The molecule has 0 bridgehead atoms. The van der Waals surface area contributed by atoms with E-state index in [1.54, 1.807) is 48.5 Å². The lowest BCUT2D eigenvalue weighted by Gasteiger charge is -2.11. The first-order valence-electron chi connectivity index (χ1n) is 7.52. The van der Waals surface area contributed by atoms with Crippen molar-refractivity contribution in [1.82, 2.24) is 0 Å². The van der Waals surface area contributed by atoms with E-state index >= 15 is 0 Å². The summed E-state index contributed by atoms with van der Waals surface area (Å²) in [4.78, 5) is 23.1. The zero-order chi connectivity index (χ0) is 17.6. The molecule has 1 N–H and O–H groups in total. The number of amides is 1. The average Bonchev–Trinajstić information content (AvgIpc) is 2.63. The number of hydrogen-bond acceptors (Lipinski definition) is 4. The maximum atomic E-state index is 12.6. The Kier molecular flexibility index (Phi) is 4.71. The van der Waals surface area contributed by atoms with E-state index < -0.39 is 10.8 Å². The summed E-state index contributed by atoms with van der Waals surface area (Å²) in [6.07, 6.45) is 0. The summed E-state index contributed by atoms with van der Waals surface area (Å²) >= 11 is 0. The molecule has 6 heteroatoms. The van der Waals surface area contributed by atoms with Crippen LogP contribution in [0.4, 0.5) is 11.4 Å². The standard InChI is InChI=1S/C19H14N2O4/c22-19(20-16-11-5-6-12-17(16)21(23)24)15-10-4-7-13-18(15)25-14-8-2-1-3-9-14/h1-13H,(H,20,22). The van der Waals surface area contributed by atoms with Crippen molar-refractivity contribution < 1.29 is 14.5 Å². The number of ether oxygens (including phenoxy) is 1. The van der Waals surface area contributed by atoms with Crippen LogP contribution in [0.5, 0.6) is 11.5 Å². The largest absolute Gasteiger partial charge is 0.457 e. The highest BCUT2D eigenvalue weighted by molar-refractivity contribution is 6.07. The van der Waals surface area contributed by atoms with Crippen molar-refractivity contribution in [3.63, 3.8) is 0 Å². The van der Waals surface area contributed by atoms with Gasteiger partial charge in [-0.05, 0) is 30.3 Å². The maximum Gasteiger partial charge on any atom is 0.292 e. The van der Waals surface area contributed by atoms with Crippen LogP contribution in [0, 0.1) is 10.1 Å². The van der Waals surface area contributed by atoms with Crippen LogP contribution < -0.4 is 10.1 Å². The number of nitrogens with zero attached hydrogens (tertiary/aromatic N) is 1. The number of benzene rings is 3. The van der Waals surface area contributed by atoms with Crippen LogP contribution in [0.3, 0.4) is 0 Å². The van der Waals surface area contributed by atoms with E-state index in [0.29, 0.717) is 11.5 Å². The Labute approximate surface area is 143 Å². The Bertz CT molecular complexity index is 910. The highest BCUT2D eigenvalue weighted by atomic mass is 16.6. The fraction of sp³-hybridized carbons (Fsp3) is 0. The molecule has 0 unspecified atom stereocenters. The minimum absolute atomic E-state index is 0.131. The van der Waals surface area contributed by atoms with Crippen LogP contribution in [-0.4, -0.2) is 10.8 Å². The maximum absolute atomic E-state index is 12.6. The zero-order valence-electron chi connectivity index (χ0n) is 13.1. The van der Waals surface area contributed by atoms with Gasteiger partial charge in [0.05, 0.1) is 10.5 Å². The van der Waals surface area contributed by atoms with E-state index in [1.165, 1.54) is 12.1 Å². The van der Waals surface area contributed by atoms with Gasteiger partial charge < -0.3 is 10.1 Å². The van der Waals surface area contributed by atoms with Crippen molar-refractivity contribution in [2.75, 3.05) is 5.32 Å². The van der Waals surface area contributed by atoms with Crippen molar-refractivity contribution in [1.29, 1.82) is 0 Å². The average molecular weight is 334 g/mol. The molecule has 0 aliphatic rings. The van der Waals surface area contributed by atoms with E-state index in [2.05, 4.69) is 5.32 Å². The van der Waals surface area contributed by atoms with E-state index in [-0.39, 0.29) is 16.9 Å². The summed E-state index contributed by atoms with van der Waals surface area (Å²) in [5, 5.41) is 13.7. The second-order valence-corrected chi connectivity index (χ2v) is 5.14. The van der Waals surface area contributed by atoms with Crippen molar-refractivity contribution in [3.8, 4) is 11.5 Å². The molecule has 0 aliphatic heterocycles. The SMILES string of the molecule is O=C(Nc1ccccc1[N+](=O)[O-])c1ccccc1Oc1ccccc1. The van der Waals surface area contributed by atoms with Gasteiger partial charge in [0.25, 0.3) is 11.6 Å². The summed E-state index contributed by atoms with van der Waals surface area (Å²) in [6.45, 7) is 0. The normalized spacial score (nSPS) is 10.1. The number of para-hydroxylation sites is 4. The molecule has 0 radical (unpaired) electrons. The molecular formula is C19H14N2O4. The Morgan fingerprint density at radius 1 is 0.880 bits per heavy atom. The smallest absolute Gasteiger partial charge is 0.292 e. The molecule has 0 spiro atoms. The number of nitro benzene ring substituents is 1. The molecule has 6 nitrogen and oxygen atoms in total. The highest BCUT2D eigenvalue weighted by Crippen LogP contribution is 2.28. The van der Waals surface area contributed by atoms with E-state index in [9.17, 15) is 14.9 Å². The molecule has 0 heterocycles. The first-order chi connectivity index (χ1) is 12.1. The monoisotopic (exact) mass is 334 g/mol. The van der Waals surface area contributed by atoms with Gasteiger partial charge in [-0.3, -0.25) is 14.9 Å². The van der Waals surface area contributed by atoms with Crippen molar-refractivity contribution >= 4 is 17.3 Å². The van der Waals surface area contributed by atoms with Crippen LogP contribution in [0.25, 0.3) is 0 Å². The fourth-order valence-corrected chi connectivity index (χ4v) is 2.29. The van der Waals surface area contributed by atoms with Crippen LogP contribution in [-0.2, 0) is 0 Å². The Balaban J connectivity index is 1.87. The van der Waals surface area contributed by atoms with Gasteiger partial charge in [-0.1, -0.05) is 42.5 Å². The summed E-state index contributed by atoms with van der Waals surface area (Å²) in [6, 6.07) is 21.8. The predicted octanol–water partition coefficient (Wildman–Crippen LogP) is 4.64. The number of carbonyl (C=O) groups is 1. The summed E-state index contributed by atoms with van der Waals surface area (Å²) in [7, 11) is 0. The molecule has 25 heavy (non-hydrogen) atoms. The van der Waals surface area contributed by atoms with Gasteiger partial charge in [0.15, 0.2) is 0 Å². The van der Waals surface area contributed by atoms with Crippen LogP contribution >= 0.6 is 0 Å². The van der Waals surface area contributed by atoms with Crippen LogP contribution in [0.1, 0.15) is 10.4 Å². The lowest BCUT2D eigenvalue weighted by atomic mass is 10.1. The topological polar surface area (TPSA) is 81.5 Å². The van der Waals surface area contributed by atoms with Crippen molar-refractivity contribution in [2.45, 2.75) is 0 Å². The van der Waals surface area contributed by atoms with Crippen molar-refractivity contribution in [3.05, 3.63) is 94.5 Å². The Hall–Kier alpha value is -3.67. The minimum Gasteiger partial charge on any atom is -0.457 e. The molecule has 0 atom stereocenters. The highest BCUT2D eigenvalue weighted by Gasteiger charge is 2.18. The minimum atomic E-state index is -0.540. The van der Waals surface area contributed by atoms with Gasteiger partial charge in [0, 0.05) is 6.07 Å². The summed E-state index contributed by atoms with van der Waals surface area (Å²) < 4.78 is 5.75. The second kappa shape index (κ2) is 7.27. The first-order valence-corrected chi connectivity index (χ1v) is 7.52. The molecule has 0 saturated carbocycles. The molecule has 1 amide bonds. The second-order valence-electron chi connectivity index (χ2n) is 5.14. The number of hydrogen-bond donors (Lipinski definition) is 1. The van der Waals surface area contributed by atoms with Gasteiger partial charge in [0.1, 0.15) is 17.2 Å². The van der Waals surface area contributed by atoms with Crippen LogP contribution in [0.15, 0.2) is 78.9 Å². The third kappa shape index (κ3) is 3.81. The number of rotatable bonds is 5. The van der Waals surface area contributed by atoms with E-state index in [1.807, 2.05) is 18.2 Å². The van der Waals surface area contributed by atoms with E-state index in [4.69, 9.17) is 4.74 Å². The van der Waals surface area contributed by atoms with Gasteiger partial charge in [-0.2, -0.15) is 0 Å². The molecule has 124 valence electrons. The molecule has 3 rings (SSSR count). The van der Waals surface area contributed by atoms with Crippen molar-refractivity contribution in [2.24, 2.45) is 0 Å². The Morgan fingerprint density at radius 3 is 2.28 bits per heavy atom. The Morgan fingerprint density at radius 2 is 1.52 bits per heavy atom. The molecule has 3 aromatic carbocycles. The predicted molar refractivity (Wildman–Crippen MR) is 94.0 cm³/mol. The van der Waals surface area contributed by atoms with Gasteiger partial charge >= 0.3 is 0 Å². The molecule has 3 aromatic rings. The van der Waals surface area contributed by atoms with Crippen LogP contribution in [0.2, 0.25) is 0 Å². The van der Waals surface area contributed by atoms with E-state index in [0.717, 1.165) is 0 Å². The molecule has 0 aromatic heterocycles. The third-order valence-corrected chi connectivity index (χ3v) is 3.45. The van der Waals surface area contributed by atoms with Gasteiger partial charge in [0.2, 0.25) is 0 Å². The summed E-state index contributed by atoms with van der Waals surface area (Å²) in [5.74, 6) is 0.471. The molecular weight excluding hydrogens is 320 g/mol. The van der Waals surface area contributed by atoms with Gasteiger partial charge in [-0.15, -0.1) is 0 Å². The lowest BCUT2D eigenvalue weighted by Crippen LogP contribution is -2.14. The number of carbonyl (C=O) groups excluding carboxylic acids is 1. The number of nitro groups is 1. The number of nitrogens with one attached hydrogen (secondary N) is 1. The molecule has 0 saturated heterocycles. The van der Waals surface area contributed by atoms with Gasteiger partial charge in [-0.25, -0.2) is 0 Å². The zero-order valence-corrected chi connectivity index (χ0v) is 13.1.